The van der Waals surface area contributed by atoms with Gasteiger partial charge in [-0.1, -0.05) is 36.4 Å². The highest BCUT2D eigenvalue weighted by atomic mass is 32.1. The highest BCUT2D eigenvalue weighted by molar-refractivity contribution is 7.14. The molecule has 3 aromatic heterocycles. The zero-order valence-corrected chi connectivity index (χ0v) is 15.8. The van der Waals surface area contributed by atoms with Crippen LogP contribution in [0.3, 0.4) is 0 Å². The lowest BCUT2D eigenvalue weighted by atomic mass is 10.1. The van der Waals surface area contributed by atoms with E-state index in [9.17, 15) is 4.79 Å². The third-order valence-electron chi connectivity index (χ3n) is 4.72. The van der Waals surface area contributed by atoms with Crippen molar-refractivity contribution < 1.29 is 9.21 Å². The van der Waals surface area contributed by atoms with Crippen LogP contribution in [0, 0.1) is 6.92 Å². The number of nitrogens with zero attached hydrogens (tertiary/aromatic N) is 2. The quantitative estimate of drug-likeness (QED) is 0.435. The molecule has 0 aliphatic carbocycles. The molecule has 0 saturated heterocycles. The molecule has 5 rings (SSSR count). The predicted octanol–water partition coefficient (Wildman–Crippen LogP) is 5.67. The number of aromatic nitrogens is 2. The molecule has 1 N–H and O–H groups in total. The van der Waals surface area contributed by atoms with Gasteiger partial charge >= 0.3 is 0 Å². The van der Waals surface area contributed by atoms with Gasteiger partial charge in [0.2, 0.25) is 0 Å². The number of fused-ring (bicyclic) bond motifs is 3. The molecule has 2 aromatic carbocycles. The zero-order chi connectivity index (χ0) is 19.1. The second-order valence-corrected chi connectivity index (χ2v) is 7.31. The number of carbonyl (C=O) groups is 1. The summed E-state index contributed by atoms with van der Waals surface area (Å²) in [4.78, 5) is 21.4. The summed E-state index contributed by atoms with van der Waals surface area (Å²) in [5, 5.41) is 8.29. The topological polar surface area (TPSA) is 68.0 Å². The van der Waals surface area contributed by atoms with Crippen LogP contribution in [0.1, 0.15) is 16.1 Å². The van der Waals surface area contributed by atoms with Crippen LogP contribution in [0.25, 0.3) is 33.0 Å². The largest absolute Gasteiger partial charge is 0.450 e. The van der Waals surface area contributed by atoms with Crippen LogP contribution in [0.5, 0.6) is 0 Å². The maximum Gasteiger partial charge on any atom is 0.293 e. The molecule has 0 fully saturated rings. The Balaban J connectivity index is 1.49. The molecule has 5 nitrogen and oxygen atoms in total. The monoisotopic (exact) mass is 385 g/mol. The van der Waals surface area contributed by atoms with E-state index in [4.69, 9.17) is 4.42 Å². The van der Waals surface area contributed by atoms with Crippen LogP contribution in [0.15, 0.2) is 70.7 Å². The van der Waals surface area contributed by atoms with Gasteiger partial charge in [0.25, 0.3) is 5.91 Å². The first-order valence-corrected chi connectivity index (χ1v) is 9.67. The van der Waals surface area contributed by atoms with Crippen molar-refractivity contribution >= 4 is 44.1 Å². The molecule has 136 valence electrons. The number of rotatable bonds is 3. The molecule has 1 amide bonds. The normalized spacial score (nSPS) is 11.2. The Morgan fingerprint density at radius 3 is 2.82 bits per heavy atom. The Hall–Kier alpha value is -3.51. The molecule has 0 radical (unpaired) electrons. The minimum atomic E-state index is -0.301. The number of nitrogens with one attached hydrogen (secondary N) is 1. The fourth-order valence-electron chi connectivity index (χ4n) is 3.30. The molecular weight excluding hydrogens is 370 g/mol. The number of pyridine rings is 1. The summed E-state index contributed by atoms with van der Waals surface area (Å²) >= 11 is 1.37. The minimum Gasteiger partial charge on any atom is -0.450 e. The van der Waals surface area contributed by atoms with Gasteiger partial charge in [0, 0.05) is 39.7 Å². The van der Waals surface area contributed by atoms with Gasteiger partial charge in [0.05, 0.1) is 5.69 Å². The summed E-state index contributed by atoms with van der Waals surface area (Å²) in [6.45, 7) is 1.90. The van der Waals surface area contributed by atoms with Gasteiger partial charge in [-0.3, -0.25) is 15.1 Å². The van der Waals surface area contributed by atoms with Crippen molar-refractivity contribution in [1.29, 1.82) is 0 Å². The average molecular weight is 385 g/mol. The molecule has 0 bridgehead atoms. The van der Waals surface area contributed by atoms with Crippen molar-refractivity contribution in [3.63, 3.8) is 0 Å². The number of amides is 1. The van der Waals surface area contributed by atoms with E-state index in [1.54, 1.807) is 12.4 Å². The van der Waals surface area contributed by atoms with E-state index in [-0.39, 0.29) is 5.91 Å². The minimum absolute atomic E-state index is 0.301. The van der Waals surface area contributed by atoms with E-state index in [2.05, 4.69) is 15.3 Å². The summed E-state index contributed by atoms with van der Waals surface area (Å²) in [6, 6.07) is 15.8. The molecule has 0 aliphatic rings. The van der Waals surface area contributed by atoms with Crippen molar-refractivity contribution in [3.05, 3.63) is 77.6 Å². The van der Waals surface area contributed by atoms with Gasteiger partial charge in [0.15, 0.2) is 10.9 Å². The van der Waals surface area contributed by atoms with Crippen LogP contribution < -0.4 is 5.32 Å². The van der Waals surface area contributed by atoms with Crippen LogP contribution in [-0.2, 0) is 0 Å². The third-order valence-corrected chi connectivity index (χ3v) is 5.47. The van der Waals surface area contributed by atoms with E-state index in [1.807, 2.05) is 60.8 Å². The van der Waals surface area contributed by atoms with E-state index in [0.717, 1.165) is 38.6 Å². The number of carbonyl (C=O) groups excluding carboxylic acids is 1. The Morgan fingerprint density at radius 1 is 1.07 bits per heavy atom. The molecule has 6 heteroatoms. The number of hydrogen-bond acceptors (Lipinski definition) is 5. The first kappa shape index (κ1) is 16.6. The second kappa shape index (κ2) is 6.58. The molecule has 5 aromatic rings. The van der Waals surface area contributed by atoms with Crippen LogP contribution in [-0.4, -0.2) is 15.9 Å². The standard InChI is InChI=1S/C22H15N3O2S/c1-13-16-9-8-14-5-2-3-7-17(14)20(16)27-19(13)21(26)25-22-24-18(12-28-22)15-6-4-10-23-11-15/h2-12H,1H3,(H,24,25,26). The van der Waals surface area contributed by atoms with Gasteiger partial charge in [-0.05, 0) is 24.4 Å². The van der Waals surface area contributed by atoms with Gasteiger partial charge < -0.3 is 4.42 Å². The molecule has 0 aliphatic heterocycles. The highest BCUT2D eigenvalue weighted by Crippen LogP contribution is 2.32. The first-order chi connectivity index (χ1) is 13.7. The van der Waals surface area contributed by atoms with E-state index >= 15 is 0 Å². The summed E-state index contributed by atoms with van der Waals surface area (Å²) in [5.74, 6) is 0.00866. The van der Waals surface area contributed by atoms with Crippen LogP contribution in [0.2, 0.25) is 0 Å². The van der Waals surface area contributed by atoms with Crippen molar-refractivity contribution in [2.24, 2.45) is 0 Å². The maximum absolute atomic E-state index is 12.8. The number of thiazole rings is 1. The van der Waals surface area contributed by atoms with Crippen LogP contribution >= 0.6 is 11.3 Å². The van der Waals surface area contributed by atoms with E-state index in [0.29, 0.717) is 10.9 Å². The summed E-state index contributed by atoms with van der Waals surface area (Å²) in [5.41, 5.74) is 3.24. The number of furan rings is 1. The Kier molecular flexibility index (Phi) is 3.91. The lowest BCUT2D eigenvalue weighted by molar-refractivity contribution is 0.0998. The van der Waals surface area contributed by atoms with E-state index in [1.165, 1.54) is 11.3 Å². The summed E-state index contributed by atoms with van der Waals surface area (Å²) in [6.07, 6.45) is 3.46. The molecule has 3 heterocycles. The number of benzene rings is 2. The molecule has 0 atom stereocenters. The zero-order valence-electron chi connectivity index (χ0n) is 15.0. The number of anilines is 1. The van der Waals surface area contributed by atoms with Gasteiger partial charge in [-0.15, -0.1) is 11.3 Å². The Morgan fingerprint density at radius 2 is 1.96 bits per heavy atom. The molecular formula is C22H15N3O2S. The number of hydrogen-bond donors (Lipinski definition) is 1. The van der Waals surface area contributed by atoms with Crippen molar-refractivity contribution in [2.75, 3.05) is 5.32 Å². The van der Waals surface area contributed by atoms with Crippen molar-refractivity contribution in [1.82, 2.24) is 9.97 Å². The Labute approximate surface area is 164 Å². The lowest BCUT2D eigenvalue weighted by Gasteiger charge is -1.99. The molecule has 0 saturated carbocycles. The fraction of sp³-hybridized carbons (Fsp3) is 0.0455. The Bertz CT molecular complexity index is 1320. The average Bonchev–Trinajstić information content (AvgIpc) is 3.33. The number of aryl methyl sites for hydroxylation is 1. The van der Waals surface area contributed by atoms with Crippen LogP contribution in [0.4, 0.5) is 5.13 Å². The SMILES string of the molecule is Cc1c(C(=O)Nc2nc(-c3cccnc3)cs2)oc2c1ccc1ccccc12. The van der Waals surface area contributed by atoms with Crippen molar-refractivity contribution in [2.45, 2.75) is 6.92 Å². The molecule has 0 spiro atoms. The fourth-order valence-corrected chi connectivity index (χ4v) is 4.01. The van der Waals surface area contributed by atoms with Gasteiger partial charge in [-0.2, -0.15) is 0 Å². The lowest BCUT2D eigenvalue weighted by Crippen LogP contribution is -2.11. The maximum atomic E-state index is 12.8. The summed E-state index contributed by atoms with van der Waals surface area (Å²) in [7, 11) is 0. The smallest absolute Gasteiger partial charge is 0.293 e. The summed E-state index contributed by atoms with van der Waals surface area (Å²) < 4.78 is 5.99. The molecule has 0 unspecified atom stereocenters. The van der Waals surface area contributed by atoms with Gasteiger partial charge in [0.1, 0.15) is 5.58 Å². The predicted molar refractivity (Wildman–Crippen MR) is 112 cm³/mol. The van der Waals surface area contributed by atoms with Gasteiger partial charge in [-0.25, -0.2) is 4.98 Å². The highest BCUT2D eigenvalue weighted by Gasteiger charge is 2.20. The third kappa shape index (κ3) is 2.75. The molecule has 28 heavy (non-hydrogen) atoms. The van der Waals surface area contributed by atoms with Crippen molar-refractivity contribution in [3.8, 4) is 11.3 Å². The van der Waals surface area contributed by atoms with E-state index < -0.39 is 0 Å². The second-order valence-electron chi connectivity index (χ2n) is 6.45. The first-order valence-electron chi connectivity index (χ1n) is 8.79.